The molecule has 0 saturated carbocycles. The van der Waals surface area contributed by atoms with Crippen LogP contribution >= 0.6 is 12.6 Å². The first-order valence-electron chi connectivity index (χ1n) is 2.77. The van der Waals surface area contributed by atoms with Gasteiger partial charge in [0, 0.05) is 0 Å². The first-order valence-corrected chi connectivity index (χ1v) is 4.83. The molecule has 4 N–H and O–H groups in total. The second-order valence-electron chi connectivity index (χ2n) is 1.67. The van der Waals surface area contributed by atoms with Crippen molar-refractivity contribution >= 4 is 57.5 Å². The number of nitrogens with one attached hydrogen (secondary N) is 1. The van der Waals surface area contributed by atoms with E-state index in [1.165, 1.54) is 0 Å². The van der Waals surface area contributed by atoms with Crippen LogP contribution in [0.25, 0.3) is 0 Å². The van der Waals surface area contributed by atoms with E-state index in [1.807, 2.05) is 0 Å². The van der Waals surface area contributed by atoms with Gasteiger partial charge in [0.25, 0.3) is 10.1 Å². The third-order valence-corrected chi connectivity index (χ3v) is 1.39. The molecule has 0 aromatic heterocycles. The van der Waals surface area contributed by atoms with Gasteiger partial charge in [0.1, 0.15) is 5.17 Å². The Bertz CT molecular complexity index is 200. The minimum atomic E-state index is -3.67. The third kappa shape index (κ3) is 45.4. The first-order chi connectivity index (χ1) is 4.79. The van der Waals surface area contributed by atoms with Gasteiger partial charge in [0.15, 0.2) is 0 Å². The maximum atomic E-state index is 9.79. The average Bonchev–Trinajstić information content (AvgIpc) is 1.58. The predicted molar refractivity (Wildman–Crippen MR) is 54.8 cm³/mol. The summed E-state index contributed by atoms with van der Waals surface area (Å²) in [7, 11) is -3.67. The number of amidine groups is 1. The number of rotatable bonds is 2. The Kier molecular flexibility index (Phi) is 15.1. The van der Waals surface area contributed by atoms with Gasteiger partial charge >= 0.3 is 29.6 Å². The Hall–Kier alpha value is 0.730. The fourth-order valence-corrected chi connectivity index (χ4v) is 0.774. The molecule has 0 saturated heterocycles. The van der Waals surface area contributed by atoms with Gasteiger partial charge in [-0.3, -0.25) is 9.96 Å². The van der Waals surface area contributed by atoms with Gasteiger partial charge in [0.05, 0.1) is 5.75 Å². The van der Waals surface area contributed by atoms with Gasteiger partial charge < -0.3 is 5.73 Å². The summed E-state index contributed by atoms with van der Waals surface area (Å²) in [5.41, 5.74) is 4.56. The monoisotopic (exact) mass is 224 g/mol. The molecule has 0 aliphatic carbocycles. The van der Waals surface area contributed by atoms with Crippen molar-refractivity contribution in [1.82, 2.24) is 0 Å². The zero-order valence-electron chi connectivity index (χ0n) is 6.11. The fraction of sp³-hybridized carbons (Fsp3) is 0.750. The molecule has 12 heavy (non-hydrogen) atoms. The maximum absolute atomic E-state index is 9.79. The Balaban J connectivity index is -0.000000142. The van der Waals surface area contributed by atoms with Gasteiger partial charge in [-0.15, -0.1) is 12.6 Å². The topological polar surface area (TPSA) is 104 Å². The summed E-state index contributed by atoms with van der Waals surface area (Å²) in [6.45, 7) is 1.69. The van der Waals surface area contributed by atoms with Crippen molar-refractivity contribution in [3.63, 3.8) is 0 Å². The van der Waals surface area contributed by atoms with Gasteiger partial charge in [-0.2, -0.15) is 8.42 Å². The molecule has 0 heterocycles. The van der Waals surface area contributed by atoms with Crippen molar-refractivity contribution < 1.29 is 13.0 Å². The Morgan fingerprint density at radius 1 is 1.67 bits per heavy atom. The quantitative estimate of drug-likeness (QED) is 0.166. The molecule has 8 heteroatoms. The predicted octanol–water partition coefficient (Wildman–Crippen LogP) is -0.555. The molecule has 0 atom stereocenters. The van der Waals surface area contributed by atoms with Crippen molar-refractivity contribution in [3.8, 4) is 0 Å². The van der Waals surface area contributed by atoms with Crippen LogP contribution in [0.1, 0.15) is 13.3 Å². The molecule has 0 radical (unpaired) electrons. The average molecular weight is 224 g/mol. The second-order valence-corrected chi connectivity index (χ2v) is 3.73. The molecular formula is C4H13N2NaO3S2. The molecule has 0 aliphatic rings. The van der Waals surface area contributed by atoms with Crippen LogP contribution in [-0.2, 0) is 10.1 Å². The zero-order valence-corrected chi connectivity index (χ0v) is 7.82. The van der Waals surface area contributed by atoms with Gasteiger partial charge in [-0.05, 0) is 6.42 Å². The molecule has 0 rings (SSSR count). The van der Waals surface area contributed by atoms with Crippen molar-refractivity contribution in [2.45, 2.75) is 13.3 Å². The van der Waals surface area contributed by atoms with Crippen molar-refractivity contribution in [1.29, 1.82) is 5.41 Å². The first kappa shape index (κ1) is 18.5. The molecular weight excluding hydrogens is 211 g/mol. The van der Waals surface area contributed by atoms with Gasteiger partial charge in [0.2, 0.25) is 0 Å². The van der Waals surface area contributed by atoms with E-state index in [0.717, 1.165) is 0 Å². The standard InChI is InChI=1S/C3H8O3S.CH4N2S.Na.H/c1-2-3-7(4,5)6;2-1(3)4;;/h2-3H2,1H3,(H,4,5,6);(H4,2,3,4);;. The van der Waals surface area contributed by atoms with E-state index in [1.54, 1.807) is 6.92 Å². The Labute approximate surface area is 100 Å². The zero-order chi connectivity index (χ0) is 9.49. The van der Waals surface area contributed by atoms with E-state index in [4.69, 9.17) is 9.96 Å². The SMILES string of the molecule is CCCS(=O)(=O)O.N=C(N)S.[NaH]. The van der Waals surface area contributed by atoms with Crippen LogP contribution in [0.5, 0.6) is 0 Å². The van der Waals surface area contributed by atoms with E-state index in [-0.39, 0.29) is 40.5 Å². The number of nitrogens with two attached hydrogens (primary N) is 1. The summed E-state index contributed by atoms with van der Waals surface area (Å²) in [5, 5.41) is 6.00. The summed E-state index contributed by atoms with van der Waals surface area (Å²) < 4.78 is 27.6. The fourth-order valence-electron chi connectivity index (χ4n) is 0.258. The molecule has 0 bridgehead atoms. The summed E-state index contributed by atoms with van der Waals surface area (Å²) >= 11 is 3.33. The van der Waals surface area contributed by atoms with Crippen LogP contribution in [0, 0.1) is 5.41 Å². The molecule has 5 nitrogen and oxygen atoms in total. The molecule has 0 unspecified atom stereocenters. The van der Waals surface area contributed by atoms with Crippen LogP contribution in [-0.4, -0.2) is 53.4 Å². The van der Waals surface area contributed by atoms with Crippen molar-refractivity contribution in [2.24, 2.45) is 5.73 Å². The molecule has 0 aromatic carbocycles. The third-order valence-electron chi connectivity index (χ3n) is 0.462. The van der Waals surface area contributed by atoms with Crippen molar-refractivity contribution in [2.75, 3.05) is 5.75 Å². The second kappa shape index (κ2) is 9.82. The molecule has 0 amide bonds. The van der Waals surface area contributed by atoms with Gasteiger partial charge in [-0.25, -0.2) is 0 Å². The number of thiol groups is 1. The van der Waals surface area contributed by atoms with Crippen LogP contribution in [0.3, 0.4) is 0 Å². The number of hydrogen-bond donors (Lipinski definition) is 4. The van der Waals surface area contributed by atoms with Crippen LogP contribution in [0.15, 0.2) is 0 Å². The Morgan fingerprint density at radius 3 is 1.92 bits per heavy atom. The van der Waals surface area contributed by atoms with Crippen LogP contribution in [0.4, 0.5) is 0 Å². The van der Waals surface area contributed by atoms with Crippen LogP contribution in [0.2, 0.25) is 0 Å². The Morgan fingerprint density at radius 2 is 1.92 bits per heavy atom. The van der Waals surface area contributed by atoms with Gasteiger partial charge in [-0.1, -0.05) is 6.92 Å². The normalized spacial score (nSPS) is 8.92. The summed E-state index contributed by atoms with van der Waals surface area (Å²) in [5.74, 6) is -0.132. The van der Waals surface area contributed by atoms with Crippen molar-refractivity contribution in [3.05, 3.63) is 0 Å². The van der Waals surface area contributed by atoms with Crippen LogP contribution < -0.4 is 5.73 Å². The molecule has 0 fully saturated rings. The van der Waals surface area contributed by atoms with E-state index < -0.39 is 10.1 Å². The summed E-state index contributed by atoms with van der Waals surface area (Å²) in [4.78, 5) is 0. The summed E-state index contributed by atoms with van der Waals surface area (Å²) in [6, 6.07) is 0. The minimum absolute atomic E-state index is 0. The number of hydrogen-bond acceptors (Lipinski definition) is 3. The van der Waals surface area contributed by atoms with E-state index in [9.17, 15) is 8.42 Å². The van der Waals surface area contributed by atoms with E-state index in [0.29, 0.717) is 6.42 Å². The molecule has 70 valence electrons. The molecule has 0 aromatic rings. The summed E-state index contributed by atoms with van der Waals surface area (Å²) in [6.07, 6.45) is 0.471. The van der Waals surface area contributed by atoms with E-state index >= 15 is 0 Å². The molecule has 0 spiro atoms. The van der Waals surface area contributed by atoms with E-state index in [2.05, 4.69) is 18.4 Å². The molecule has 0 aliphatic heterocycles.